The Balaban J connectivity index is 1.23. The molecule has 0 aromatic heterocycles. The van der Waals surface area contributed by atoms with Crippen molar-refractivity contribution in [2.24, 2.45) is 0 Å². The van der Waals surface area contributed by atoms with Gasteiger partial charge in [0.15, 0.2) is 11.5 Å². The monoisotopic (exact) mass is 734 g/mol. The number of amides is 2. The maximum Gasteiger partial charge on any atom is 0.514 e. The van der Waals surface area contributed by atoms with Crippen LogP contribution in [0, 0.1) is 0 Å². The molecule has 0 aliphatic rings. The molecule has 4 N–H and O–H groups in total. The van der Waals surface area contributed by atoms with Crippen molar-refractivity contribution in [2.75, 3.05) is 13.2 Å². The lowest BCUT2D eigenvalue weighted by molar-refractivity contribution is 0.0918. The normalized spacial score (nSPS) is 11.7. The summed E-state index contributed by atoms with van der Waals surface area (Å²) < 4.78 is 27.6. The van der Waals surface area contributed by atoms with Crippen molar-refractivity contribution in [3.63, 3.8) is 0 Å². The van der Waals surface area contributed by atoms with Crippen LogP contribution in [0.15, 0.2) is 133 Å². The molecule has 0 radical (unpaired) electrons. The largest absolute Gasteiger partial charge is 0.514 e. The first kappa shape index (κ1) is 38.9. The third kappa shape index (κ3) is 13.0. The van der Waals surface area contributed by atoms with Gasteiger partial charge in [0.25, 0.3) is 0 Å². The quantitative estimate of drug-likeness (QED) is 0.0452. The lowest BCUT2D eigenvalue weighted by atomic mass is 10.1. The van der Waals surface area contributed by atoms with Gasteiger partial charge in [-0.3, -0.25) is 0 Å². The Labute approximate surface area is 313 Å². The zero-order chi connectivity index (χ0) is 38.0. The highest BCUT2D eigenvalue weighted by molar-refractivity contribution is 5.68. The van der Waals surface area contributed by atoms with Gasteiger partial charge >= 0.3 is 18.3 Å². The van der Waals surface area contributed by atoms with Crippen molar-refractivity contribution in [1.82, 2.24) is 10.6 Å². The second-order valence-electron chi connectivity index (χ2n) is 12.2. The van der Waals surface area contributed by atoms with E-state index in [1.165, 1.54) is 0 Å². The third-order valence-electron chi connectivity index (χ3n) is 8.03. The van der Waals surface area contributed by atoms with Gasteiger partial charge < -0.3 is 44.5 Å². The van der Waals surface area contributed by atoms with E-state index in [2.05, 4.69) is 10.6 Å². The Morgan fingerprint density at radius 1 is 0.500 bits per heavy atom. The summed E-state index contributed by atoms with van der Waals surface area (Å²) in [5, 5.41) is 25.3. The summed E-state index contributed by atoms with van der Waals surface area (Å²) in [7, 11) is 0. The Morgan fingerprint density at radius 3 is 1.43 bits per heavy atom. The zero-order valence-electron chi connectivity index (χ0n) is 29.5. The van der Waals surface area contributed by atoms with Crippen LogP contribution >= 0.6 is 0 Å². The molecule has 2 unspecified atom stereocenters. The summed E-state index contributed by atoms with van der Waals surface area (Å²) in [4.78, 5) is 37.5. The van der Waals surface area contributed by atoms with E-state index in [0.717, 1.165) is 22.3 Å². The van der Waals surface area contributed by atoms with Crippen molar-refractivity contribution in [2.45, 2.75) is 44.7 Å². The lowest BCUT2D eigenvalue weighted by Gasteiger charge is -2.18. The van der Waals surface area contributed by atoms with Gasteiger partial charge in [0, 0.05) is 0 Å². The Kier molecular flexibility index (Phi) is 14.8. The van der Waals surface area contributed by atoms with E-state index in [0.29, 0.717) is 17.7 Å². The average molecular weight is 735 g/mol. The third-order valence-corrected chi connectivity index (χ3v) is 8.03. The number of carbonyl (C=O) groups excluding carboxylic acids is 3. The summed E-state index contributed by atoms with van der Waals surface area (Å²) in [5.74, 6) is 0.655. The van der Waals surface area contributed by atoms with Crippen LogP contribution in [0.3, 0.4) is 0 Å². The van der Waals surface area contributed by atoms with Crippen molar-refractivity contribution in [1.29, 1.82) is 0 Å². The molecule has 5 aromatic carbocycles. The van der Waals surface area contributed by atoms with E-state index in [1.54, 1.807) is 42.5 Å². The van der Waals surface area contributed by atoms with Crippen LogP contribution < -0.4 is 20.1 Å². The minimum absolute atomic E-state index is 0.00801. The summed E-state index contributed by atoms with van der Waals surface area (Å²) >= 11 is 0. The maximum absolute atomic E-state index is 12.7. The molecule has 0 saturated carbocycles. The number of hydrogen-bond acceptors (Lipinski definition) is 10. The number of rotatable bonds is 17. The SMILES string of the molecule is O=C(NC(CO)Cc1ccc(Oc2cc(CC(CO)NC(=O)OCc3ccccc3)ccc2OC(=O)OCc2ccccc2)cc1)OCc1ccccc1. The molecule has 12 nitrogen and oxygen atoms in total. The number of nitrogens with one attached hydrogen (secondary N) is 2. The van der Waals surface area contributed by atoms with Gasteiger partial charge in [0.1, 0.15) is 25.6 Å². The molecule has 54 heavy (non-hydrogen) atoms. The fourth-order valence-electron chi connectivity index (χ4n) is 5.25. The van der Waals surface area contributed by atoms with E-state index in [1.807, 2.05) is 91.0 Å². The van der Waals surface area contributed by atoms with Crippen molar-refractivity contribution < 1.29 is 48.3 Å². The van der Waals surface area contributed by atoms with E-state index in [9.17, 15) is 24.6 Å². The molecule has 0 aliphatic carbocycles. The van der Waals surface area contributed by atoms with Crippen LogP contribution in [0.5, 0.6) is 17.2 Å². The van der Waals surface area contributed by atoms with Crippen LogP contribution in [0.1, 0.15) is 27.8 Å². The molecule has 12 heteroatoms. The fourth-order valence-corrected chi connectivity index (χ4v) is 5.25. The van der Waals surface area contributed by atoms with E-state index >= 15 is 0 Å². The number of alkyl carbamates (subject to hydrolysis) is 2. The highest BCUT2D eigenvalue weighted by Gasteiger charge is 2.19. The molecular weight excluding hydrogens is 692 g/mol. The number of carbonyl (C=O) groups is 3. The predicted molar refractivity (Wildman–Crippen MR) is 199 cm³/mol. The molecule has 0 heterocycles. The van der Waals surface area contributed by atoms with E-state index in [4.69, 9.17) is 23.7 Å². The van der Waals surface area contributed by atoms with Gasteiger partial charge in [-0.15, -0.1) is 0 Å². The first-order chi connectivity index (χ1) is 26.4. The molecule has 2 atom stereocenters. The van der Waals surface area contributed by atoms with Crippen molar-refractivity contribution >= 4 is 18.3 Å². The fraction of sp³-hybridized carbons (Fsp3) is 0.214. The summed E-state index contributed by atoms with van der Waals surface area (Å²) in [6, 6.07) is 38.2. The van der Waals surface area contributed by atoms with Crippen LogP contribution in [0.2, 0.25) is 0 Å². The van der Waals surface area contributed by atoms with Gasteiger partial charge in [-0.05, 0) is 64.9 Å². The minimum Gasteiger partial charge on any atom is -0.453 e. The number of aliphatic hydroxyl groups excluding tert-OH is 2. The molecule has 0 aliphatic heterocycles. The van der Waals surface area contributed by atoms with Crippen molar-refractivity contribution in [3.05, 3.63) is 161 Å². The maximum atomic E-state index is 12.7. The minimum atomic E-state index is -0.937. The molecule has 0 saturated heterocycles. The smallest absolute Gasteiger partial charge is 0.453 e. The lowest BCUT2D eigenvalue weighted by Crippen LogP contribution is -2.39. The van der Waals surface area contributed by atoms with Gasteiger partial charge in [-0.1, -0.05) is 109 Å². The Hall–Kier alpha value is -6.37. The average Bonchev–Trinajstić information content (AvgIpc) is 3.20. The second kappa shape index (κ2) is 20.6. The Bertz CT molecular complexity index is 1910. The molecule has 0 spiro atoms. The number of ether oxygens (including phenoxy) is 5. The predicted octanol–water partition coefficient (Wildman–Crippen LogP) is 6.85. The summed E-state index contributed by atoms with van der Waals surface area (Å²) in [6.07, 6.45) is -1.74. The molecule has 280 valence electrons. The summed E-state index contributed by atoms with van der Waals surface area (Å²) in [5.41, 5.74) is 3.91. The zero-order valence-corrected chi connectivity index (χ0v) is 29.5. The second-order valence-corrected chi connectivity index (χ2v) is 12.2. The van der Waals surface area contributed by atoms with Crippen LogP contribution in [0.25, 0.3) is 0 Å². The molecule has 5 aromatic rings. The van der Waals surface area contributed by atoms with Gasteiger partial charge in [0.05, 0.1) is 25.3 Å². The van der Waals surface area contributed by atoms with Gasteiger partial charge in [-0.25, -0.2) is 14.4 Å². The van der Waals surface area contributed by atoms with Crippen molar-refractivity contribution in [3.8, 4) is 17.2 Å². The van der Waals surface area contributed by atoms with Gasteiger partial charge in [-0.2, -0.15) is 0 Å². The first-order valence-electron chi connectivity index (χ1n) is 17.3. The van der Waals surface area contributed by atoms with Crippen LogP contribution in [0.4, 0.5) is 14.4 Å². The number of aliphatic hydroxyl groups is 2. The highest BCUT2D eigenvalue weighted by Crippen LogP contribution is 2.34. The molecule has 0 bridgehead atoms. The van der Waals surface area contributed by atoms with Crippen LogP contribution in [-0.4, -0.2) is 53.9 Å². The molecular formula is C42H42N2O10. The summed E-state index contributed by atoms with van der Waals surface area (Å²) in [6.45, 7) is -0.481. The standard InChI is InChI=1S/C42H42N2O10/c45-25-35(43-40(47)50-27-31-10-4-1-5-11-31)22-30-16-19-37(20-17-30)53-39-24-34(18-21-38(39)54-42(49)52-29-33-14-8-3-9-15-33)23-36(26-46)44-41(48)51-28-32-12-6-2-7-13-32/h1-21,24,35-36,45-46H,22-23,25-29H2,(H,43,47)(H,44,48). The molecule has 0 fully saturated rings. The van der Waals surface area contributed by atoms with E-state index < -0.39 is 30.4 Å². The number of hydrogen-bond donors (Lipinski definition) is 4. The first-order valence-corrected chi connectivity index (χ1v) is 17.3. The molecule has 5 rings (SSSR count). The van der Waals surface area contributed by atoms with Gasteiger partial charge in [0.2, 0.25) is 0 Å². The number of benzene rings is 5. The topological polar surface area (TPSA) is 162 Å². The van der Waals surface area contributed by atoms with Crippen LogP contribution in [-0.2, 0) is 46.9 Å². The molecule has 2 amide bonds. The van der Waals surface area contributed by atoms with E-state index in [-0.39, 0.29) is 51.0 Å². The Morgan fingerprint density at radius 2 is 0.944 bits per heavy atom. The highest BCUT2D eigenvalue weighted by atomic mass is 16.7.